The van der Waals surface area contributed by atoms with Gasteiger partial charge in [0.1, 0.15) is 0 Å². The molecule has 0 heterocycles. The lowest BCUT2D eigenvalue weighted by Crippen LogP contribution is -2.45. The van der Waals surface area contributed by atoms with E-state index in [0.717, 1.165) is 18.7 Å². The molecular weight excluding hydrogens is 517 g/mol. The minimum atomic E-state index is -3.55. The van der Waals surface area contributed by atoms with E-state index in [4.69, 9.17) is 4.74 Å². The Morgan fingerprint density at radius 1 is 1.13 bits per heavy atom. The lowest BCUT2D eigenvalue weighted by atomic mass is 10.2. The van der Waals surface area contributed by atoms with Gasteiger partial charge >= 0.3 is 0 Å². The molecule has 0 fully saturated rings. The summed E-state index contributed by atoms with van der Waals surface area (Å²) < 4.78 is 32.1. The van der Waals surface area contributed by atoms with Crippen molar-refractivity contribution in [2.75, 3.05) is 40.4 Å². The van der Waals surface area contributed by atoms with E-state index in [1.54, 1.807) is 25.2 Å². The molecule has 0 aliphatic carbocycles. The molecule has 0 aliphatic rings. The van der Waals surface area contributed by atoms with E-state index in [0.29, 0.717) is 31.2 Å². The Morgan fingerprint density at radius 2 is 1.80 bits per heavy atom. The second kappa shape index (κ2) is 15.0. The lowest BCUT2D eigenvalue weighted by Gasteiger charge is -2.30. The van der Waals surface area contributed by atoms with Crippen LogP contribution in [-0.2, 0) is 21.3 Å². The number of ether oxygens (including phenoxy) is 1. The molecule has 0 atom stereocenters. The van der Waals surface area contributed by atoms with Gasteiger partial charge in [0.2, 0.25) is 10.0 Å². The van der Waals surface area contributed by atoms with Gasteiger partial charge in [-0.1, -0.05) is 12.1 Å². The predicted octanol–water partition coefficient (Wildman–Crippen LogP) is 2.01. The van der Waals surface area contributed by atoms with Crippen LogP contribution >= 0.6 is 24.0 Å². The van der Waals surface area contributed by atoms with Crippen LogP contribution in [0.4, 0.5) is 0 Å². The van der Waals surface area contributed by atoms with Gasteiger partial charge in [-0.25, -0.2) is 13.1 Å². The summed E-state index contributed by atoms with van der Waals surface area (Å²) in [6.07, 6.45) is 0. The van der Waals surface area contributed by atoms with Crippen molar-refractivity contribution in [2.24, 2.45) is 4.99 Å². The number of rotatable bonds is 12. The highest BCUT2D eigenvalue weighted by Crippen LogP contribution is 2.11. The van der Waals surface area contributed by atoms with Crippen LogP contribution in [0.15, 0.2) is 34.2 Å². The molecule has 0 aliphatic heterocycles. The van der Waals surface area contributed by atoms with Gasteiger partial charge in [0.05, 0.1) is 11.5 Å². The van der Waals surface area contributed by atoms with Gasteiger partial charge in [0.25, 0.3) is 0 Å². The molecule has 0 spiro atoms. The molecule has 1 aromatic carbocycles. The zero-order valence-electron chi connectivity index (χ0n) is 18.9. The van der Waals surface area contributed by atoms with E-state index >= 15 is 0 Å². The topological polar surface area (TPSA) is 95.1 Å². The summed E-state index contributed by atoms with van der Waals surface area (Å²) in [7, 11) is -0.295. The number of halogens is 1. The summed E-state index contributed by atoms with van der Waals surface area (Å²) in [6, 6.07) is 7.82. The zero-order valence-corrected chi connectivity index (χ0v) is 22.1. The highest BCUT2D eigenvalue weighted by atomic mass is 127. The Hall–Kier alpha value is -0.950. The van der Waals surface area contributed by atoms with Crippen molar-refractivity contribution < 1.29 is 13.2 Å². The summed E-state index contributed by atoms with van der Waals surface area (Å²) in [5.74, 6) is 0.684. The molecule has 1 aromatic rings. The maximum Gasteiger partial charge on any atom is 0.240 e. The van der Waals surface area contributed by atoms with Crippen molar-refractivity contribution in [3.8, 4) is 0 Å². The van der Waals surface area contributed by atoms with Crippen molar-refractivity contribution in [1.29, 1.82) is 0 Å². The van der Waals surface area contributed by atoms with E-state index in [-0.39, 0.29) is 35.4 Å². The third-order valence-corrected chi connectivity index (χ3v) is 5.94. The van der Waals surface area contributed by atoms with Crippen LogP contribution in [0, 0.1) is 0 Å². The SMILES string of the molecule is CN=C(NCCN(C(C)C)C(C)C)NCc1cccc(S(=O)(=O)NCCOC)c1.I. The van der Waals surface area contributed by atoms with Crippen LogP contribution in [0.2, 0.25) is 0 Å². The van der Waals surface area contributed by atoms with Crippen molar-refractivity contribution >= 4 is 40.0 Å². The number of hydrogen-bond acceptors (Lipinski definition) is 5. The highest BCUT2D eigenvalue weighted by molar-refractivity contribution is 14.0. The molecule has 1 rings (SSSR count). The first-order valence-corrected chi connectivity index (χ1v) is 11.5. The molecule has 0 amide bonds. The second-order valence-corrected chi connectivity index (χ2v) is 9.08. The standard InChI is InChI=1S/C20H37N5O3S.HI/c1-16(2)25(17(3)4)12-10-22-20(21-5)23-15-18-8-7-9-19(14-18)29(26,27)24-11-13-28-6;/h7-9,14,16-17,24H,10-13,15H2,1-6H3,(H2,21,22,23);1H. The summed E-state index contributed by atoms with van der Waals surface area (Å²) >= 11 is 0. The van der Waals surface area contributed by atoms with Crippen molar-refractivity contribution in [2.45, 2.75) is 51.2 Å². The molecule has 3 N–H and O–H groups in total. The van der Waals surface area contributed by atoms with Gasteiger partial charge in [-0.05, 0) is 45.4 Å². The first-order chi connectivity index (χ1) is 13.7. The van der Waals surface area contributed by atoms with Crippen LogP contribution < -0.4 is 15.4 Å². The Labute approximate surface area is 199 Å². The molecule has 0 bridgehead atoms. The monoisotopic (exact) mass is 555 g/mol. The van der Waals surface area contributed by atoms with Crippen molar-refractivity contribution in [3.05, 3.63) is 29.8 Å². The number of sulfonamides is 1. The van der Waals surface area contributed by atoms with Gasteiger partial charge < -0.3 is 15.4 Å². The third-order valence-electron chi connectivity index (χ3n) is 4.48. The van der Waals surface area contributed by atoms with Crippen LogP contribution in [0.1, 0.15) is 33.3 Å². The minimum absolute atomic E-state index is 0. The summed E-state index contributed by atoms with van der Waals surface area (Å²) in [4.78, 5) is 6.89. The molecule has 0 saturated heterocycles. The molecule has 0 saturated carbocycles. The maximum atomic E-state index is 12.3. The largest absolute Gasteiger partial charge is 0.383 e. The molecule has 0 aromatic heterocycles. The van der Waals surface area contributed by atoms with Gasteiger partial charge in [0.15, 0.2) is 5.96 Å². The van der Waals surface area contributed by atoms with E-state index in [1.807, 2.05) is 6.07 Å². The first-order valence-electron chi connectivity index (χ1n) is 9.99. The Morgan fingerprint density at radius 3 is 2.37 bits per heavy atom. The molecule has 0 unspecified atom stereocenters. The smallest absolute Gasteiger partial charge is 0.240 e. The fourth-order valence-corrected chi connectivity index (χ4v) is 4.09. The molecule has 0 radical (unpaired) electrons. The average Bonchev–Trinajstić information content (AvgIpc) is 2.67. The van der Waals surface area contributed by atoms with E-state index in [1.165, 1.54) is 7.11 Å². The molecule has 8 nitrogen and oxygen atoms in total. The van der Waals surface area contributed by atoms with Gasteiger partial charge in [-0.2, -0.15) is 0 Å². The zero-order chi connectivity index (χ0) is 21.9. The van der Waals surface area contributed by atoms with Gasteiger partial charge in [0, 0.05) is 52.4 Å². The first kappa shape index (κ1) is 29.1. The van der Waals surface area contributed by atoms with E-state index in [2.05, 4.69) is 52.9 Å². The van der Waals surface area contributed by atoms with Gasteiger partial charge in [-0.3, -0.25) is 9.89 Å². The fraction of sp³-hybridized carbons (Fsp3) is 0.650. The third kappa shape index (κ3) is 10.4. The number of guanidine groups is 1. The Kier molecular flexibility index (Phi) is 14.5. The molecule has 10 heteroatoms. The van der Waals surface area contributed by atoms with Crippen molar-refractivity contribution in [3.63, 3.8) is 0 Å². The summed E-state index contributed by atoms with van der Waals surface area (Å²) in [5.41, 5.74) is 0.855. The van der Waals surface area contributed by atoms with Crippen LogP contribution in [0.5, 0.6) is 0 Å². The molecule has 174 valence electrons. The number of nitrogens with zero attached hydrogens (tertiary/aromatic N) is 2. The summed E-state index contributed by atoms with van der Waals surface area (Å²) in [6.45, 7) is 11.5. The summed E-state index contributed by atoms with van der Waals surface area (Å²) in [5, 5.41) is 6.55. The van der Waals surface area contributed by atoms with Crippen LogP contribution in [0.25, 0.3) is 0 Å². The van der Waals surface area contributed by atoms with Crippen LogP contribution in [-0.4, -0.2) is 71.8 Å². The Balaban J connectivity index is 0.00000841. The number of aliphatic imine (C=N–C) groups is 1. The predicted molar refractivity (Wildman–Crippen MR) is 134 cm³/mol. The maximum absolute atomic E-state index is 12.3. The number of benzene rings is 1. The second-order valence-electron chi connectivity index (χ2n) is 7.32. The average molecular weight is 556 g/mol. The lowest BCUT2D eigenvalue weighted by molar-refractivity contribution is 0.178. The van der Waals surface area contributed by atoms with Crippen LogP contribution in [0.3, 0.4) is 0 Å². The molecular formula is C20H38IN5O3S. The number of hydrogen-bond donors (Lipinski definition) is 3. The Bertz CT molecular complexity index is 734. The van der Waals surface area contributed by atoms with E-state index in [9.17, 15) is 8.42 Å². The fourth-order valence-electron chi connectivity index (χ4n) is 3.01. The number of nitrogens with one attached hydrogen (secondary N) is 3. The quantitative estimate of drug-likeness (QED) is 0.158. The minimum Gasteiger partial charge on any atom is -0.383 e. The molecule has 30 heavy (non-hydrogen) atoms. The van der Waals surface area contributed by atoms with Crippen molar-refractivity contribution in [1.82, 2.24) is 20.3 Å². The van der Waals surface area contributed by atoms with Gasteiger partial charge in [-0.15, -0.1) is 24.0 Å². The normalized spacial score (nSPS) is 12.4. The number of methoxy groups -OCH3 is 1. The van der Waals surface area contributed by atoms with E-state index < -0.39 is 10.0 Å². The highest BCUT2D eigenvalue weighted by Gasteiger charge is 2.14.